The van der Waals surface area contributed by atoms with Crippen LogP contribution in [-0.4, -0.2) is 26.5 Å². The van der Waals surface area contributed by atoms with E-state index in [0.29, 0.717) is 17.3 Å². The summed E-state index contributed by atoms with van der Waals surface area (Å²) in [5, 5.41) is 13.8. The van der Waals surface area contributed by atoms with Crippen LogP contribution in [0.4, 0.5) is 21.7 Å². The van der Waals surface area contributed by atoms with E-state index < -0.39 is 0 Å². The number of hydrogen-bond donors (Lipinski definition) is 2. The van der Waals surface area contributed by atoms with Crippen LogP contribution in [0.15, 0.2) is 96.9 Å². The number of aliphatic hydroxyl groups excluding tert-OH is 1. The molecule has 6 nitrogen and oxygen atoms in total. The lowest BCUT2D eigenvalue weighted by atomic mass is 9.99. The van der Waals surface area contributed by atoms with E-state index in [1.54, 1.807) is 35.4 Å². The molecule has 0 fully saturated rings. The number of rotatable bonds is 4. The molecule has 0 aliphatic carbocycles. The van der Waals surface area contributed by atoms with Crippen LogP contribution in [0.1, 0.15) is 11.1 Å². The summed E-state index contributed by atoms with van der Waals surface area (Å²) in [5.41, 5.74) is 4.01. The minimum absolute atomic E-state index is 0.204. The summed E-state index contributed by atoms with van der Waals surface area (Å²) in [5.74, 6) is 1.04. The molecule has 2 aliphatic rings. The Morgan fingerprint density at radius 1 is 0.938 bits per heavy atom. The van der Waals surface area contributed by atoms with Gasteiger partial charge in [0.15, 0.2) is 0 Å². The molecule has 32 heavy (non-hydrogen) atoms. The standard InChI is InChI=1S/C25H22FN5O/c26-20-6-3-7-21(14-20)29-24-15-25(28-17-27-24)30-12-9-22(23(32)10-13-30)31-11-8-18-4-1-2-5-19(18)16-31/h1-7,9-10,12-15,17,32H,8,11,16H2,(H,27,28,29). The second-order valence-corrected chi connectivity index (χ2v) is 7.65. The van der Waals surface area contributed by atoms with Crippen molar-refractivity contribution in [2.45, 2.75) is 13.0 Å². The van der Waals surface area contributed by atoms with Crippen molar-refractivity contribution < 1.29 is 9.50 Å². The molecule has 5 rings (SSSR count). The summed E-state index contributed by atoms with van der Waals surface area (Å²) < 4.78 is 13.5. The van der Waals surface area contributed by atoms with Gasteiger partial charge < -0.3 is 20.2 Å². The number of halogens is 1. The number of aliphatic hydroxyl groups is 1. The number of hydrogen-bond acceptors (Lipinski definition) is 6. The molecule has 0 spiro atoms. The predicted octanol–water partition coefficient (Wildman–Crippen LogP) is 5.03. The van der Waals surface area contributed by atoms with Gasteiger partial charge in [-0.2, -0.15) is 0 Å². The smallest absolute Gasteiger partial charge is 0.142 e. The summed E-state index contributed by atoms with van der Waals surface area (Å²) in [7, 11) is 0. The first kappa shape index (κ1) is 19.8. The number of aromatic nitrogens is 2. The molecule has 7 heteroatoms. The lowest BCUT2D eigenvalue weighted by Crippen LogP contribution is -2.30. The van der Waals surface area contributed by atoms with E-state index in [2.05, 4.69) is 38.4 Å². The Morgan fingerprint density at radius 3 is 2.66 bits per heavy atom. The SMILES string of the molecule is OC1=C(N2CCc3ccccc3C2)C=CN(c2cc(Nc3cccc(F)c3)ncn2)C=C1. The van der Waals surface area contributed by atoms with Crippen LogP contribution in [-0.2, 0) is 13.0 Å². The summed E-state index contributed by atoms with van der Waals surface area (Å²) in [4.78, 5) is 12.5. The number of nitrogens with one attached hydrogen (secondary N) is 1. The lowest BCUT2D eigenvalue weighted by Gasteiger charge is -2.31. The summed E-state index contributed by atoms with van der Waals surface area (Å²) in [6.45, 7) is 1.59. The predicted molar refractivity (Wildman–Crippen MR) is 123 cm³/mol. The number of anilines is 3. The van der Waals surface area contributed by atoms with E-state index in [1.807, 2.05) is 18.3 Å². The van der Waals surface area contributed by atoms with Gasteiger partial charge in [-0.05, 0) is 47.9 Å². The van der Waals surface area contributed by atoms with Gasteiger partial charge in [-0.3, -0.25) is 0 Å². The molecular formula is C25H22FN5O. The Balaban J connectivity index is 1.35. The topological polar surface area (TPSA) is 64.5 Å². The van der Waals surface area contributed by atoms with Crippen LogP contribution in [0, 0.1) is 5.82 Å². The van der Waals surface area contributed by atoms with Gasteiger partial charge in [0, 0.05) is 37.2 Å². The third-order valence-corrected chi connectivity index (χ3v) is 5.53. The van der Waals surface area contributed by atoms with Gasteiger partial charge in [-0.25, -0.2) is 14.4 Å². The van der Waals surface area contributed by atoms with Crippen LogP contribution in [0.2, 0.25) is 0 Å². The van der Waals surface area contributed by atoms with Crippen LogP contribution < -0.4 is 10.2 Å². The van der Waals surface area contributed by atoms with Crippen molar-refractivity contribution >= 4 is 17.3 Å². The Bertz CT molecular complexity index is 1240. The molecule has 3 heterocycles. The number of allylic oxidation sites excluding steroid dienone is 2. The fourth-order valence-electron chi connectivity index (χ4n) is 3.91. The second kappa shape index (κ2) is 8.55. The van der Waals surface area contributed by atoms with E-state index in [1.165, 1.54) is 29.6 Å². The Morgan fingerprint density at radius 2 is 1.78 bits per heavy atom. The molecule has 2 N–H and O–H groups in total. The van der Waals surface area contributed by atoms with Crippen LogP contribution in [0.5, 0.6) is 0 Å². The van der Waals surface area contributed by atoms with Crippen molar-refractivity contribution in [1.29, 1.82) is 0 Å². The average molecular weight is 427 g/mol. The fraction of sp³-hybridized carbons (Fsp3) is 0.120. The van der Waals surface area contributed by atoms with E-state index in [4.69, 9.17) is 0 Å². The lowest BCUT2D eigenvalue weighted by molar-refractivity contribution is 0.305. The van der Waals surface area contributed by atoms with E-state index >= 15 is 0 Å². The Labute approximate surface area is 185 Å². The van der Waals surface area contributed by atoms with E-state index in [-0.39, 0.29) is 11.6 Å². The Kier molecular flexibility index (Phi) is 5.29. The van der Waals surface area contributed by atoms with Crippen LogP contribution >= 0.6 is 0 Å². The quantitative estimate of drug-likeness (QED) is 0.609. The first-order chi connectivity index (χ1) is 15.7. The zero-order valence-corrected chi connectivity index (χ0v) is 17.3. The fourth-order valence-corrected chi connectivity index (χ4v) is 3.91. The molecule has 0 saturated heterocycles. The average Bonchev–Trinajstić information content (AvgIpc) is 3.00. The highest BCUT2D eigenvalue weighted by atomic mass is 19.1. The van der Waals surface area contributed by atoms with E-state index in [9.17, 15) is 9.50 Å². The first-order valence-electron chi connectivity index (χ1n) is 10.4. The molecule has 0 bridgehead atoms. The summed E-state index contributed by atoms with van der Waals surface area (Å²) in [6, 6.07) is 16.4. The first-order valence-corrected chi connectivity index (χ1v) is 10.4. The molecule has 2 aromatic carbocycles. The maximum atomic E-state index is 13.5. The largest absolute Gasteiger partial charge is 0.506 e. The summed E-state index contributed by atoms with van der Waals surface area (Å²) >= 11 is 0. The molecule has 0 unspecified atom stereocenters. The van der Waals surface area contributed by atoms with Crippen molar-refractivity contribution in [3.63, 3.8) is 0 Å². The van der Waals surface area contributed by atoms with Crippen molar-refractivity contribution in [3.05, 3.63) is 114 Å². The molecule has 0 saturated carbocycles. The third-order valence-electron chi connectivity index (χ3n) is 5.53. The molecular weight excluding hydrogens is 405 g/mol. The normalized spacial score (nSPS) is 15.5. The van der Waals surface area contributed by atoms with Crippen molar-refractivity contribution in [3.8, 4) is 0 Å². The van der Waals surface area contributed by atoms with Crippen LogP contribution in [0.25, 0.3) is 0 Å². The number of nitrogens with zero attached hydrogens (tertiary/aromatic N) is 4. The van der Waals surface area contributed by atoms with Gasteiger partial charge in [0.1, 0.15) is 29.5 Å². The van der Waals surface area contributed by atoms with Crippen molar-refractivity contribution in [2.75, 3.05) is 16.8 Å². The van der Waals surface area contributed by atoms with Gasteiger partial charge in [-0.1, -0.05) is 30.3 Å². The van der Waals surface area contributed by atoms with Gasteiger partial charge in [0.05, 0.1) is 5.70 Å². The monoisotopic (exact) mass is 427 g/mol. The van der Waals surface area contributed by atoms with Crippen molar-refractivity contribution in [1.82, 2.24) is 14.9 Å². The highest BCUT2D eigenvalue weighted by molar-refractivity contribution is 5.61. The van der Waals surface area contributed by atoms with Gasteiger partial charge in [0.25, 0.3) is 0 Å². The maximum absolute atomic E-state index is 13.5. The molecule has 160 valence electrons. The summed E-state index contributed by atoms with van der Waals surface area (Å²) in [6.07, 6.45) is 9.56. The highest BCUT2D eigenvalue weighted by Gasteiger charge is 2.20. The molecule has 0 radical (unpaired) electrons. The molecule has 0 atom stereocenters. The molecule has 2 aliphatic heterocycles. The van der Waals surface area contributed by atoms with Crippen LogP contribution in [0.3, 0.4) is 0 Å². The third kappa shape index (κ3) is 4.18. The minimum atomic E-state index is -0.322. The zero-order valence-electron chi connectivity index (χ0n) is 17.3. The zero-order chi connectivity index (χ0) is 21.9. The van der Waals surface area contributed by atoms with E-state index in [0.717, 1.165) is 25.2 Å². The van der Waals surface area contributed by atoms with Gasteiger partial charge >= 0.3 is 0 Å². The van der Waals surface area contributed by atoms with Gasteiger partial charge in [0.2, 0.25) is 0 Å². The number of benzene rings is 2. The molecule has 0 amide bonds. The molecule has 1 aromatic heterocycles. The second-order valence-electron chi connectivity index (χ2n) is 7.65. The molecule has 3 aromatic rings. The Hall–Kier alpha value is -4.13. The van der Waals surface area contributed by atoms with Crippen molar-refractivity contribution in [2.24, 2.45) is 0 Å². The van der Waals surface area contributed by atoms with Gasteiger partial charge in [-0.15, -0.1) is 0 Å². The maximum Gasteiger partial charge on any atom is 0.142 e. The number of fused-ring (bicyclic) bond motifs is 1. The highest BCUT2D eigenvalue weighted by Crippen LogP contribution is 2.26. The minimum Gasteiger partial charge on any atom is -0.506 e.